The highest BCUT2D eigenvalue weighted by atomic mass is 32.2. The van der Waals surface area contributed by atoms with Crippen molar-refractivity contribution < 1.29 is 17.2 Å². The normalized spacial score (nSPS) is 23.7. The van der Waals surface area contributed by atoms with E-state index < -0.39 is 26.6 Å². The first kappa shape index (κ1) is 12.3. The van der Waals surface area contributed by atoms with Crippen molar-refractivity contribution in [2.24, 2.45) is 5.92 Å². The molecular weight excluding hydrogens is 250 g/mol. The molecule has 0 saturated heterocycles. The summed E-state index contributed by atoms with van der Waals surface area (Å²) in [6, 6.07) is 1.45. The molecule has 1 aromatic rings. The molecule has 4 nitrogen and oxygen atoms in total. The molecule has 3 N–H and O–H groups in total. The molecule has 1 aliphatic rings. The zero-order valence-corrected chi connectivity index (χ0v) is 9.89. The maximum atomic E-state index is 13.4. The number of sulfonamides is 1. The highest BCUT2D eigenvalue weighted by Crippen LogP contribution is 2.31. The van der Waals surface area contributed by atoms with Crippen molar-refractivity contribution in [3.63, 3.8) is 0 Å². The van der Waals surface area contributed by atoms with Crippen molar-refractivity contribution in [3.05, 3.63) is 23.8 Å². The van der Waals surface area contributed by atoms with Crippen LogP contribution in [0.3, 0.4) is 0 Å². The standard InChI is InChI=1S/C10H12F2N2O2S/c1-5-2-8(5)14-17(15,16)9-4-6(13)3-7(11)10(9)12/h3-5,8,14H,2,13H2,1H3. The lowest BCUT2D eigenvalue weighted by atomic mass is 10.3. The molecular formula is C10H12F2N2O2S. The largest absolute Gasteiger partial charge is 0.399 e. The molecule has 0 heterocycles. The van der Waals surface area contributed by atoms with E-state index >= 15 is 0 Å². The second-order valence-corrected chi connectivity index (χ2v) is 5.94. The number of hydrogen-bond acceptors (Lipinski definition) is 3. The van der Waals surface area contributed by atoms with Gasteiger partial charge in [-0.2, -0.15) is 0 Å². The highest BCUT2D eigenvalue weighted by Gasteiger charge is 2.37. The molecule has 2 rings (SSSR count). The van der Waals surface area contributed by atoms with Crippen LogP contribution in [0.25, 0.3) is 0 Å². The first-order chi connectivity index (χ1) is 7.81. The van der Waals surface area contributed by atoms with Gasteiger partial charge in [-0.05, 0) is 24.5 Å². The van der Waals surface area contributed by atoms with Gasteiger partial charge in [0.15, 0.2) is 11.6 Å². The van der Waals surface area contributed by atoms with Gasteiger partial charge in [-0.15, -0.1) is 0 Å². The molecule has 17 heavy (non-hydrogen) atoms. The number of nitrogens with two attached hydrogens (primary N) is 1. The van der Waals surface area contributed by atoms with Crippen LogP contribution in [0.2, 0.25) is 0 Å². The molecule has 0 aromatic heterocycles. The smallest absolute Gasteiger partial charge is 0.243 e. The highest BCUT2D eigenvalue weighted by molar-refractivity contribution is 7.89. The van der Waals surface area contributed by atoms with Crippen molar-refractivity contribution >= 4 is 15.7 Å². The molecule has 7 heteroatoms. The van der Waals surface area contributed by atoms with Gasteiger partial charge in [-0.25, -0.2) is 21.9 Å². The summed E-state index contributed by atoms with van der Waals surface area (Å²) in [5.41, 5.74) is 5.17. The van der Waals surface area contributed by atoms with E-state index in [9.17, 15) is 17.2 Å². The Morgan fingerprint density at radius 3 is 2.53 bits per heavy atom. The third kappa shape index (κ3) is 2.39. The van der Waals surface area contributed by atoms with Crippen molar-refractivity contribution in [1.82, 2.24) is 4.72 Å². The monoisotopic (exact) mass is 262 g/mol. The van der Waals surface area contributed by atoms with E-state index in [1.807, 2.05) is 6.92 Å². The number of halogens is 2. The van der Waals surface area contributed by atoms with E-state index in [1.165, 1.54) is 0 Å². The van der Waals surface area contributed by atoms with Gasteiger partial charge in [0.1, 0.15) is 4.90 Å². The second-order valence-electron chi connectivity index (χ2n) is 4.26. The zero-order chi connectivity index (χ0) is 12.8. The molecule has 0 amide bonds. The fourth-order valence-corrected chi connectivity index (χ4v) is 3.01. The topological polar surface area (TPSA) is 72.2 Å². The third-order valence-electron chi connectivity index (χ3n) is 2.72. The molecule has 1 saturated carbocycles. The van der Waals surface area contributed by atoms with E-state index in [0.717, 1.165) is 12.1 Å². The molecule has 0 spiro atoms. The first-order valence-electron chi connectivity index (χ1n) is 5.08. The van der Waals surface area contributed by atoms with Crippen LogP contribution in [0.1, 0.15) is 13.3 Å². The van der Waals surface area contributed by atoms with Gasteiger partial charge < -0.3 is 5.73 Å². The predicted octanol–water partition coefficient (Wildman–Crippen LogP) is 1.23. The molecule has 1 aliphatic carbocycles. The van der Waals surface area contributed by atoms with Crippen LogP contribution in [-0.2, 0) is 10.0 Å². The van der Waals surface area contributed by atoms with Gasteiger partial charge in [-0.3, -0.25) is 0 Å². The molecule has 94 valence electrons. The lowest BCUT2D eigenvalue weighted by Gasteiger charge is -2.08. The molecule has 0 aliphatic heterocycles. The molecule has 1 fully saturated rings. The average Bonchev–Trinajstić information content (AvgIpc) is 2.86. The number of benzene rings is 1. The third-order valence-corrected chi connectivity index (χ3v) is 4.21. The van der Waals surface area contributed by atoms with Gasteiger partial charge >= 0.3 is 0 Å². The van der Waals surface area contributed by atoms with Crippen LogP contribution in [0.4, 0.5) is 14.5 Å². The number of rotatable bonds is 3. The summed E-state index contributed by atoms with van der Waals surface area (Å²) in [4.78, 5) is -0.742. The van der Waals surface area contributed by atoms with Crippen molar-refractivity contribution in [2.45, 2.75) is 24.3 Å². The molecule has 2 atom stereocenters. The minimum absolute atomic E-state index is 0.131. The summed E-state index contributed by atoms with van der Waals surface area (Å²) in [6.45, 7) is 1.86. The van der Waals surface area contributed by atoms with Crippen molar-refractivity contribution in [2.75, 3.05) is 5.73 Å². The second kappa shape index (κ2) is 3.92. The van der Waals surface area contributed by atoms with Gasteiger partial charge in [0.25, 0.3) is 0 Å². The number of nitrogens with one attached hydrogen (secondary N) is 1. The summed E-state index contributed by atoms with van der Waals surface area (Å²) in [6.07, 6.45) is 0.700. The van der Waals surface area contributed by atoms with Crippen LogP contribution >= 0.6 is 0 Å². The van der Waals surface area contributed by atoms with Gasteiger partial charge in [0, 0.05) is 11.7 Å². The van der Waals surface area contributed by atoms with E-state index in [4.69, 9.17) is 5.73 Å². The van der Waals surface area contributed by atoms with Gasteiger partial charge in [-0.1, -0.05) is 6.92 Å². The molecule has 0 bridgehead atoms. The lowest BCUT2D eigenvalue weighted by Crippen LogP contribution is -2.28. The zero-order valence-electron chi connectivity index (χ0n) is 9.07. The Morgan fingerprint density at radius 2 is 2.00 bits per heavy atom. The summed E-state index contributed by atoms with van der Waals surface area (Å²) in [5, 5.41) is 0. The van der Waals surface area contributed by atoms with Gasteiger partial charge in [0.2, 0.25) is 10.0 Å². The fraction of sp³-hybridized carbons (Fsp3) is 0.400. The molecule has 1 aromatic carbocycles. The Bertz CT molecular complexity index is 560. The minimum Gasteiger partial charge on any atom is -0.399 e. The molecule has 2 unspecified atom stereocenters. The summed E-state index contributed by atoms with van der Waals surface area (Å²) in [7, 11) is -4.05. The van der Waals surface area contributed by atoms with E-state index in [1.54, 1.807) is 0 Å². The van der Waals surface area contributed by atoms with Crippen LogP contribution in [0.15, 0.2) is 17.0 Å². The maximum absolute atomic E-state index is 13.4. The Labute approximate surface area is 97.9 Å². The van der Waals surface area contributed by atoms with E-state index in [2.05, 4.69) is 4.72 Å². The number of nitrogen functional groups attached to an aromatic ring is 1. The number of hydrogen-bond donors (Lipinski definition) is 2. The summed E-state index contributed by atoms with van der Waals surface area (Å²) >= 11 is 0. The van der Waals surface area contributed by atoms with Crippen LogP contribution in [0, 0.1) is 17.6 Å². The number of anilines is 1. The quantitative estimate of drug-likeness (QED) is 0.805. The summed E-state index contributed by atoms with van der Waals surface area (Å²) < 4.78 is 52.3. The van der Waals surface area contributed by atoms with E-state index in [0.29, 0.717) is 6.42 Å². The molecule has 0 radical (unpaired) electrons. The Hall–Kier alpha value is -1.21. The predicted molar refractivity (Wildman–Crippen MR) is 58.7 cm³/mol. The first-order valence-corrected chi connectivity index (χ1v) is 6.56. The maximum Gasteiger partial charge on any atom is 0.243 e. The fourth-order valence-electron chi connectivity index (χ4n) is 1.53. The van der Waals surface area contributed by atoms with Crippen LogP contribution < -0.4 is 10.5 Å². The Kier molecular flexibility index (Phi) is 2.82. The van der Waals surface area contributed by atoms with Crippen LogP contribution in [-0.4, -0.2) is 14.5 Å². The summed E-state index contributed by atoms with van der Waals surface area (Å²) in [5.74, 6) is -2.45. The Morgan fingerprint density at radius 1 is 1.41 bits per heavy atom. The van der Waals surface area contributed by atoms with Crippen molar-refractivity contribution in [3.8, 4) is 0 Å². The van der Waals surface area contributed by atoms with Crippen molar-refractivity contribution in [1.29, 1.82) is 0 Å². The SMILES string of the molecule is CC1CC1NS(=O)(=O)c1cc(N)cc(F)c1F. The van der Waals surface area contributed by atoms with Gasteiger partial charge in [0.05, 0.1) is 0 Å². The lowest BCUT2D eigenvalue weighted by molar-refractivity contribution is 0.483. The van der Waals surface area contributed by atoms with Crippen LogP contribution in [0.5, 0.6) is 0 Å². The van der Waals surface area contributed by atoms with E-state index in [-0.39, 0.29) is 17.6 Å². The minimum atomic E-state index is -4.05. The Balaban J connectivity index is 2.39. The average molecular weight is 262 g/mol.